The first-order valence-electron chi connectivity index (χ1n) is 9.27. The molecule has 2 aromatic heterocycles. The second kappa shape index (κ2) is 7.75. The summed E-state index contributed by atoms with van der Waals surface area (Å²) in [5.41, 5.74) is 3.35. The third kappa shape index (κ3) is 3.69. The number of methoxy groups -OCH3 is 1. The van der Waals surface area contributed by atoms with Crippen LogP contribution in [0.25, 0.3) is 11.3 Å². The zero-order chi connectivity index (χ0) is 20.4. The molecule has 4 rings (SSSR count). The van der Waals surface area contributed by atoms with Crippen LogP contribution in [0, 0.1) is 12.8 Å². The lowest BCUT2D eigenvalue weighted by atomic mass is 10.1. The van der Waals surface area contributed by atoms with Crippen molar-refractivity contribution in [2.75, 3.05) is 23.9 Å². The third-order valence-electron chi connectivity index (χ3n) is 5.10. The van der Waals surface area contributed by atoms with Crippen molar-refractivity contribution >= 4 is 23.3 Å². The number of aromatic amines is 1. The Balaban J connectivity index is 1.45. The molecular weight excluding hydrogens is 370 g/mol. The number of hydrogen-bond donors (Lipinski definition) is 2. The summed E-state index contributed by atoms with van der Waals surface area (Å²) in [4.78, 5) is 30.8. The van der Waals surface area contributed by atoms with Crippen molar-refractivity contribution in [3.05, 3.63) is 54.4 Å². The highest BCUT2D eigenvalue weighted by molar-refractivity contribution is 6.03. The van der Waals surface area contributed by atoms with E-state index in [-0.39, 0.29) is 18.2 Å². The minimum atomic E-state index is -0.440. The van der Waals surface area contributed by atoms with Crippen LogP contribution in [0.5, 0.6) is 5.75 Å². The van der Waals surface area contributed by atoms with Gasteiger partial charge >= 0.3 is 0 Å². The summed E-state index contributed by atoms with van der Waals surface area (Å²) < 4.78 is 5.15. The quantitative estimate of drug-likeness (QED) is 0.697. The van der Waals surface area contributed by atoms with Crippen LogP contribution in [0.1, 0.15) is 12.0 Å². The fraction of sp³-hybridized carbons (Fsp3) is 0.238. The summed E-state index contributed by atoms with van der Waals surface area (Å²) in [6, 6.07) is 11.0. The number of hydrogen-bond acceptors (Lipinski definition) is 5. The Kier molecular flexibility index (Phi) is 4.99. The molecule has 8 nitrogen and oxygen atoms in total. The zero-order valence-corrected chi connectivity index (χ0v) is 16.2. The van der Waals surface area contributed by atoms with Crippen molar-refractivity contribution in [1.29, 1.82) is 0 Å². The molecule has 1 aliphatic rings. The number of ether oxygens (including phenoxy) is 1. The molecule has 1 fully saturated rings. The molecule has 1 atom stereocenters. The van der Waals surface area contributed by atoms with Crippen molar-refractivity contribution in [1.82, 2.24) is 15.2 Å². The lowest BCUT2D eigenvalue weighted by Gasteiger charge is -2.17. The van der Waals surface area contributed by atoms with Gasteiger partial charge < -0.3 is 15.0 Å². The summed E-state index contributed by atoms with van der Waals surface area (Å²) in [7, 11) is 1.59. The van der Waals surface area contributed by atoms with E-state index in [1.54, 1.807) is 36.5 Å². The number of amides is 2. The number of nitrogens with one attached hydrogen (secondary N) is 2. The average Bonchev–Trinajstić information content (AvgIpc) is 3.32. The smallest absolute Gasteiger partial charge is 0.231 e. The predicted molar refractivity (Wildman–Crippen MR) is 109 cm³/mol. The minimum absolute atomic E-state index is 0.0773. The van der Waals surface area contributed by atoms with Gasteiger partial charge in [0.25, 0.3) is 0 Å². The summed E-state index contributed by atoms with van der Waals surface area (Å²) in [6.45, 7) is 2.22. The summed E-state index contributed by atoms with van der Waals surface area (Å²) in [5, 5.41) is 10.0. The monoisotopic (exact) mass is 391 g/mol. The molecule has 2 N–H and O–H groups in total. The Bertz CT molecular complexity index is 1030. The van der Waals surface area contributed by atoms with Gasteiger partial charge in [-0.15, -0.1) is 0 Å². The minimum Gasteiger partial charge on any atom is -0.497 e. The van der Waals surface area contributed by atoms with Gasteiger partial charge in [0, 0.05) is 42.2 Å². The lowest BCUT2D eigenvalue weighted by Crippen LogP contribution is -2.28. The van der Waals surface area contributed by atoms with Gasteiger partial charge in [0.2, 0.25) is 11.8 Å². The lowest BCUT2D eigenvalue weighted by molar-refractivity contribution is -0.122. The highest BCUT2D eigenvalue weighted by atomic mass is 16.5. The van der Waals surface area contributed by atoms with Gasteiger partial charge in [-0.2, -0.15) is 5.10 Å². The first kappa shape index (κ1) is 18.7. The number of carbonyl (C=O) groups excluding carboxylic acids is 2. The second-order valence-corrected chi connectivity index (χ2v) is 6.90. The molecule has 0 aliphatic carbocycles. The zero-order valence-electron chi connectivity index (χ0n) is 16.2. The average molecular weight is 391 g/mol. The van der Waals surface area contributed by atoms with Crippen LogP contribution in [-0.4, -0.2) is 40.7 Å². The Morgan fingerprint density at radius 1 is 1.21 bits per heavy atom. The molecule has 1 saturated heterocycles. The highest BCUT2D eigenvalue weighted by Gasteiger charge is 2.35. The fourth-order valence-corrected chi connectivity index (χ4v) is 3.43. The molecule has 8 heteroatoms. The normalized spacial score (nSPS) is 16.1. The van der Waals surface area contributed by atoms with Gasteiger partial charge in [-0.3, -0.25) is 19.7 Å². The second-order valence-electron chi connectivity index (χ2n) is 6.90. The molecule has 0 spiro atoms. The molecule has 0 radical (unpaired) electrons. The Morgan fingerprint density at radius 3 is 2.62 bits per heavy atom. The Labute approximate surface area is 167 Å². The molecule has 1 aromatic carbocycles. The summed E-state index contributed by atoms with van der Waals surface area (Å²) in [6.07, 6.45) is 3.57. The molecule has 1 unspecified atom stereocenters. The molecule has 3 heterocycles. The SMILES string of the molecule is COc1ccc(N2CC(C(=O)Nc3n[nH]c(-c4ccncc4)c3C)CC2=O)cc1. The fourth-order valence-electron chi connectivity index (χ4n) is 3.43. The van der Waals surface area contributed by atoms with E-state index in [0.717, 1.165) is 22.5 Å². The molecule has 29 heavy (non-hydrogen) atoms. The van der Waals surface area contributed by atoms with E-state index in [4.69, 9.17) is 4.74 Å². The number of aromatic nitrogens is 3. The van der Waals surface area contributed by atoms with E-state index in [1.165, 1.54) is 0 Å². The summed E-state index contributed by atoms with van der Waals surface area (Å²) in [5.74, 6) is 0.452. The van der Waals surface area contributed by atoms with Gasteiger partial charge in [0.15, 0.2) is 5.82 Å². The molecule has 0 bridgehead atoms. The van der Waals surface area contributed by atoms with Crippen LogP contribution in [0.4, 0.5) is 11.5 Å². The highest BCUT2D eigenvalue weighted by Crippen LogP contribution is 2.29. The Hall–Kier alpha value is -3.68. The van der Waals surface area contributed by atoms with Crippen LogP contribution in [0.3, 0.4) is 0 Å². The molecule has 1 aliphatic heterocycles. The van der Waals surface area contributed by atoms with Crippen molar-refractivity contribution in [2.45, 2.75) is 13.3 Å². The maximum absolute atomic E-state index is 12.8. The number of carbonyl (C=O) groups is 2. The number of rotatable bonds is 5. The molecular formula is C21H21N5O3. The van der Waals surface area contributed by atoms with Crippen LogP contribution in [0.15, 0.2) is 48.8 Å². The number of benzene rings is 1. The van der Waals surface area contributed by atoms with Crippen molar-refractivity contribution in [2.24, 2.45) is 5.92 Å². The molecule has 148 valence electrons. The van der Waals surface area contributed by atoms with Gasteiger partial charge in [0.1, 0.15) is 5.75 Å². The molecule has 3 aromatic rings. The van der Waals surface area contributed by atoms with Gasteiger partial charge in [-0.1, -0.05) is 0 Å². The van der Waals surface area contributed by atoms with E-state index in [1.807, 2.05) is 31.2 Å². The van der Waals surface area contributed by atoms with E-state index < -0.39 is 5.92 Å². The first-order valence-corrected chi connectivity index (χ1v) is 9.27. The van der Waals surface area contributed by atoms with Gasteiger partial charge in [0.05, 0.1) is 18.7 Å². The maximum atomic E-state index is 12.8. The third-order valence-corrected chi connectivity index (χ3v) is 5.10. The van der Waals surface area contributed by atoms with Crippen molar-refractivity contribution in [3.8, 4) is 17.0 Å². The predicted octanol–water partition coefficient (Wildman–Crippen LogP) is 2.78. The topological polar surface area (TPSA) is 100 Å². The molecule has 2 amide bonds. The van der Waals surface area contributed by atoms with Crippen LogP contribution < -0.4 is 15.0 Å². The van der Waals surface area contributed by atoms with E-state index in [2.05, 4.69) is 20.5 Å². The van der Waals surface area contributed by atoms with E-state index >= 15 is 0 Å². The van der Waals surface area contributed by atoms with E-state index in [0.29, 0.717) is 18.1 Å². The largest absolute Gasteiger partial charge is 0.497 e. The number of pyridine rings is 1. The first-order chi connectivity index (χ1) is 14.1. The van der Waals surface area contributed by atoms with Crippen molar-refractivity contribution < 1.29 is 14.3 Å². The van der Waals surface area contributed by atoms with Gasteiger partial charge in [-0.25, -0.2) is 0 Å². The standard InChI is InChI=1S/C21H21N5O3/c1-13-19(14-7-9-22-10-8-14)24-25-20(13)23-21(28)15-11-18(27)26(12-15)16-3-5-17(29-2)6-4-16/h3-10,15H,11-12H2,1-2H3,(H2,23,24,25,28). The summed E-state index contributed by atoms with van der Waals surface area (Å²) >= 11 is 0. The van der Waals surface area contributed by atoms with Crippen LogP contribution in [-0.2, 0) is 9.59 Å². The van der Waals surface area contributed by atoms with Crippen LogP contribution >= 0.6 is 0 Å². The number of anilines is 2. The number of H-pyrrole nitrogens is 1. The van der Waals surface area contributed by atoms with Crippen LogP contribution in [0.2, 0.25) is 0 Å². The number of nitrogens with zero attached hydrogens (tertiary/aromatic N) is 3. The Morgan fingerprint density at radius 2 is 1.93 bits per heavy atom. The molecule has 0 saturated carbocycles. The van der Waals surface area contributed by atoms with Gasteiger partial charge in [-0.05, 0) is 43.3 Å². The van der Waals surface area contributed by atoms with E-state index in [9.17, 15) is 9.59 Å². The van der Waals surface area contributed by atoms with Crippen molar-refractivity contribution in [3.63, 3.8) is 0 Å². The maximum Gasteiger partial charge on any atom is 0.231 e.